The monoisotopic (exact) mass is 174 g/mol. The molecule has 1 saturated carbocycles. The summed E-state index contributed by atoms with van der Waals surface area (Å²) < 4.78 is 0. The summed E-state index contributed by atoms with van der Waals surface area (Å²) >= 11 is 0. The molecule has 0 bridgehead atoms. The molecule has 0 amide bonds. The summed E-state index contributed by atoms with van der Waals surface area (Å²) in [7, 11) is 0. The van der Waals surface area contributed by atoms with Crippen molar-refractivity contribution in [2.45, 2.75) is 32.1 Å². The second kappa shape index (κ2) is 2.34. The lowest BCUT2D eigenvalue weighted by molar-refractivity contribution is -0.115. The Kier molecular flexibility index (Phi) is 1.36. The maximum Gasteiger partial charge on any atom is 0.159 e. The Bertz CT molecular complexity index is 335. The van der Waals surface area contributed by atoms with E-state index < -0.39 is 0 Å². The van der Waals surface area contributed by atoms with Crippen LogP contribution in [0, 0.1) is 11.8 Å². The number of hydrogen-bond donors (Lipinski definition) is 0. The summed E-state index contributed by atoms with van der Waals surface area (Å²) in [4.78, 5) is 11.6. The Morgan fingerprint density at radius 1 is 1.23 bits per heavy atom. The Morgan fingerprint density at radius 2 is 2.08 bits per heavy atom. The lowest BCUT2D eigenvalue weighted by Gasteiger charge is -2.13. The van der Waals surface area contributed by atoms with Crippen LogP contribution in [0.5, 0.6) is 0 Å². The molecule has 2 atom stereocenters. The molecular formula is C12H14O. The van der Waals surface area contributed by atoms with E-state index in [1.54, 1.807) is 0 Å². The van der Waals surface area contributed by atoms with Crippen LogP contribution in [0.25, 0.3) is 0 Å². The molecule has 3 aliphatic rings. The van der Waals surface area contributed by atoms with Crippen LogP contribution in [0.2, 0.25) is 0 Å². The average Bonchev–Trinajstić information content (AvgIpc) is 2.69. The summed E-state index contributed by atoms with van der Waals surface area (Å²) in [6, 6.07) is 0. The van der Waals surface area contributed by atoms with Crippen molar-refractivity contribution in [3.63, 3.8) is 0 Å². The van der Waals surface area contributed by atoms with E-state index in [9.17, 15) is 4.79 Å². The Morgan fingerprint density at radius 3 is 2.92 bits per heavy atom. The molecule has 0 spiro atoms. The van der Waals surface area contributed by atoms with Gasteiger partial charge in [0.2, 0.25) is 0 Å². The molecule has 0 aromatic heterocycles. The zero-order valence-electron chi connectivity index (χ0n) is 7.81. The van der Waals surface area contributed by atoms with Gasteiger partial charge in [-0.05, 0) is 31.6 Å². The van der Waals surface area contributed by atoms with Gasteiger partial charge in [-0.15, -0.1) is 0 Å². The molecule has 2 unspecified atom stereocenters. The highest BCUT2D eigenvalue weighted by molar-refractivity contribution is 6.00. The number of fused-ring (bicyclic) bond motifs is 2. The van der Waals surface area contributed by atoms with Gasteiger partial charge in [0.05, 0.1) is 0 Å². The van der Waals surface area contributed by atoms with E-state index in [2.05, 4.69) is 6.58 Å². The predicted octanol–water partition coefficient (Wildman–Crippen LogP) is 2.63. The Balaban J connectivity index is 2.05. The average molecular weight is 174 g/mol. The van der Waals surface area contributed by atoms with E-state index in [4.69, 9.17) is 0 Å². The van der Waals surface area contributed by atoms with Gasteiger partial charge in [-0.25, -0.2) is 0 Å². The van der Waals surface area contributed by atoms with E-state index >= 15 is 0 Å². The molecule has 0 aromatic carbocycles. The number of Topliss-reactive ketones (excluding diaryl/α,β-unsaturated/α-hetero) is 1. The standard InChI is InChI=1S/C12H14O/c1-7-2-3-8-6-9-4-5-10(13)12(9)11(7)8/h8,11H,1-6H2. The van der Waals surface area contributed by atoms with E-state index in [0.717, 1.165) is 25.2 Å². The summed E-state index contributed by atoms with van der Waals surface area (Å²) in [5.41, 5.74) is 3.98. The summed E-state index contributed by atoms with van der Waals surface area (Å²) in [6.45, 7) is 4.11. The minimum atomic E-state index is 0.422. The maximum absolute atomic E-state index is 11.6. The molecule has 1 nitrogen and oxygen atoms in total. The van der Waals surface area contributed by atoms with Gasteiger partial charge in [-0.2, -0.15) is 0 Å². The third-order valence-corrected chi connectivity index (χ3v) is 3.90. The molecule has 3 rings (SSSR count). The fourth-order valence-corrected chi connectivity index (χ4v) is 3.34. The SMILES string of the molecule is C=C1CCC2CC3=C(C(=O)CC3)C12. The first-order chi connectivity index (χ1) is 6.27. The second-order valence-electron chi connectivity index (χ2n) is 4.58. The molecule has 1 fully saturated rings. The van der Waals surface area contributed by atoms with Crippen LogP contribution < -0.4 is 0 Å². The number of hydrogen-bond acceptors (Lipinski definition) is 1. The minimum absolute atomic E-state index is 0.422. The quantitative estimate of drug-likeness (QED) is 0.516. The van der Waals surface area contributed by atoms with Gasteiger partial charge in [-0.3, -0.25) is 4.79 Å². The van der Waals surface area contributed by atoms with Crippen molar-refractivity contribution in [2.24, 2.45) is 11.8 Å². The molecule has 0 N–H and O–H groups in total. The number of carbonyl (C=O) groups excluding carboxylic acids is 1. The van der Waals surface area contributed by atoms with Crippen molar-refractivity contribution in [1.29, 1.82) is 0 Å². The van der Waals surface area contributed by atoms with Gasteiger partial charge in [0, 0.05) is 17.9 Å². The van der Waals surface area contributed by atoms with E-state index in [1.807, 2.05) is 0 Å². The van der Waals surface area contributed by atoms with E-state index in [-0.39, 0.29) is 0 Å². The number of carbonyl (C=O) groups is 1. The van der Waals surface area contributed by atoms with E-state index in [0.29, 0.717) is 11.7 Å². The van der Waals surface area contributed by atoms with E-state index in [1.165, 1.54) is 29.6 Å². The van der Waals surface area contributed by atoms with Crippen molar-refractivity contribution in [3.05, 3.63) is 23.3 Å². The van der Waals surface area contributed by atoms with Crippen molar-refractivity contribution >= 4 is 5.78 Å². The van der Waals surface area contributed by atoms with Crippen molar-refractivity contribution < 1.29 is 4.79 Å². The lowest BCUT2D eigenvalue weighted by Crippen LogP contribution is -2.11. The fraction of sp³-hybridized carbons (Fsp3) is 0.583. The first-order valence-electron chi connectivity index (χ1n) is 5.20. The smallest absolute Gasteiger partial charge is 0.159 e. The third-order valence-electron chi connectivity index (χ3n) is 3.90. The molecule has 0 aliphatic heterocycles. The zero-order valence-corrected chi connectivity index (χ0v) is 7.81. The Hall–Kier alpha value is -0.850. The first kappa shape index (κ1) is 7.54. The minimum Gasteiger partial charge on any atom is -0.295 e. The highest BCUT2D eigenvalue weighted by atomic mass is 16.1. The van der Waals surface area contributed by atoms with Crippen molar-refractivity contribution in [2.75, 3.05) is 0 Å². The third kappa shape index (κ3) is 0.849. The molecule has 3 aliphatic carbocycles. The van der Waals surface area contributed by atoms with Gasteiger partial charge < -0.3 is 0 Å². The van der Waals surface area contributed by atoms with Gasteiger partial charge in [0.25, 0.3) is 0 Å². The molecule has 68 valence electrons. The van der Waals surface area contributed by atoms with Crippen LogP contribution in [-0.2, 0) is 4.79 Å². The number of allylic oxidation sites excluding steroid dienone is 3. The van der Waals surface area contributed by atoms with Crippen LogP contribution in [-0.4, -0.2) is 5.78 Å². The van der Waals surface area contributed by atoms with Gasteiger partial charge in [-0.1, -0.05) is 17.7 Å². The highest BCUT2D eigenvalue weighted by Crippen LogP contribution is 2.53. The van der Waals surface area contributed by atoms with Crippen molar-refractivity contribution in [1.82, 2.24) is 0 Å². The topological polar surface area (TPSA) is 17.1 Å². The van der Waals surface area contributed by atoms with Gasteiger partial charge in [0.15, 0.2) is 5.78 Å². The van der Waals surface area contributed by atoms with Crippen LogP contribution in [0.15, 0.2) is 23.3 Å². The van der Waals surface area contributed by atoms with Crippen molar-refractivity contribution in [3.8, 4) is 0 Å². The predicted molar refractivity (Wildman–Crippen MR) is 51.2 cm³/mol. The molecule has 0 heterocycles. The van der Waals surface area contributed by atoms with Crippen LogP contribution in [0.1, 0.15) is 32.1 Å². The van der Waals surface area contributed by atoms with Crippen LogP contribution in [0.3, 0.4) is 0 Å². The molecule has 0 radical (unpaired) electrons. The summed E-state index contributed by atoms with van der Waals surface area (Å²) in [5, 5.41) is 0. The van der Waals surface area contributed by atoms with Crippen LogP contribution in [0.4, 0.5) is 0 Å². The second-order valence-corrected chi connectivity index (χ2v) is 4.58. The van der Waals surface area contributed by atoms with Gasteiger partial charge >= 0.3 is 0 Å². The fourth-order valence-electron chi connectivity index (χ4n) is 3.34. The van der Waals surface area contributed by atoms with Crippen LogP contribution >= 0.6 is 0 Å². The molecule has 0 saturated heterocycles. The number of ketones is 1. The molecule has 13 heavy (non-hydrogen) atoms. The summed E-state index contributed by atoms with van der Waals surface area (Å²) in [5.74, 6) is 1.65. The normalized spacial score (nSPS) is 37.2. The largest absolute Gasteiger partial charge is 0.295 e. The molecule has 0 aromatic rings. The zero-order chi connectivity index (χ0) is 9.00. The molecule has 1 heteroatoms. The number of rotatable bonds is 0. The summed E-state index contributed by atoms with van der Waals surface area (Å²) in [6.07, 6.45) is 5.45. The Labute approximate surface area is 78.5 Å². The first-order valence-corrected chi connectivity index (χ1v) is 5.20. The lowest BCUT2D eigenvalue weighted by atomic mass is 9.90. The maximum atomic E-state index is 11.6. The molecular weight excluding hydrogens is 160 g/mol. The highest BCUT2D eigenvalue weighted by Gasteiger charge is 2.44. The van der Waals surface area contributed by atoms with Gasteiger partial charge in [0.1, 0.15) is 0 Å².